The number of nitrogens with one attached hydrogen (secondary N) is 1. The fourth-order valence-electron chi connectivity index (χ4n) is 1.89. The molecule has 5 heteroatoms. The lowest BCUT2D eigenvalue weighted by atomic mass is 9.92. The summed E-state index contributed by atoms with van der Waals surface area (Å²) in [6, 6.07) is 13.1. The van der Waals surface area contributed by atoms with E-state index in [1.54, 1.807) is 12.1 Å². The molecule has 0 aliphatic carbocycles. The Morgan fingerprint density at radius 2 is 1.75 bits per heavy atom. The molecule has 2 aromatic rings. The first-order valence-corrected chi connectivity index (χ1v) is 7.60. The molecule has 0 fully saturated rings. The highest BCUT2D eigenvalue weighted by Gasteiger charge is 2.26. The van der Waals surface area contributed by atoms with Crippen molar-refractivity contribution >= 4 is 44.8 Å². The van der Waals surface area contributed by atoms with Gasteiger partial charge >= 0.3 is 0 Å². The second-order valence-corrected chi connectivity index (χ2v) is 6.48. The van der Waals surface area contributed by atoms with Gasteiger partial charge in [-0.05, 0) is 48.9 Å². The smallest absolute Gasteiger partial charge is 0.0828 e. The lowest BCUT2D eigenvalue weighted by Gasteiger charge is -2.31. The van der Waals surface area contributed by atoms with Crippen molar-refractivity contribution in [2.24, 2.45) is 0 Å². The van der Waals surface area contributed by atoms with E-state index >= 15 is 0 Å². The van der Waals surface area contributed by atoms with Crippen LogP contribution in [0.5, 0.6) is 0 Å². The Labute approximate surface area is 136 Å². The molecule has 2 aromatic carbocycles. The molecule has 0 aromatic heterocycles. The molecule has 106 valence electrons. The van der Waals surface area contributed by atoms with Crippen LogP contribution in [0.4, 0.5) is 5.69 Å². The van der Waals surface area contributed by atoms with Gasteiger partial charge in [0.15, 0.2) is 0 Å². The minimum absolute atomic E-state index is 0.0684. The summed E-state index contributed by atoms with van der Waals surface area (Å²) in [7, 11) is 0. The molecule has 2 N–H and O–H groups in total. The zero-order valence-electron chi connectivity index (χ0n) is 10.8. The number of aliphatic hydroxyl groups is 1. The molecule has 0 bridgehead atoms. The molecule has 2 nitrogen and oxygen atoms in total. The third-order valence-electron chi connectivity index (χ3n) is 3.14. The highest BCUT2D eigenvalue weighted by molar-refractivity contribution is 9.10. The van der Waals surface area contributed by atoms with E-state index in [2.05, 4.69) is 21.2 Å². The first-order valence-electron chi connectivity index (χ1n) is 6.05. The lowest BCUT2D eigenvalue weighted by Crippen LogP contribution is -2.35. The number of anilines is 1. The van der Waals surface area contributed by atoms with Gasteiger partial charge in [0.1, 0.15) is 0 Å². The van der Waals surface area contributed by atoms with Gasteiger partial charge in [-0.25, -0.2) is 0 Å². The zero-order valence-corrected chi connectivity index (χ0v) is 13.9. The van der Waals surface area contributed by atoms with Crippen molar-refractivity contribution in [3.63, 3.8) is 0 Å². The molecule has 1 unspecified atom stereocenters. The Kier molecular flexibility index (Phi) is 4.97. The van der Waals surface area contributed by atoms with Gasteiger partial charge in [-0.3, -0.25) is 0 Å². The van der Waals surface area contributed by atoms with Gasteiger partial charge in [0.05, 0.1) is 22.2 Å². The monoisotopic (exact) mass is 373 g/mol. The standard InChI is InChI=1S/C15H14BrCl2NO/c1-15(9-20,10-2-7-13(17)14(18)8-10)19-12-5-3-11(16)4-6-12/h2-8,19-20H,9H2,1H3. The van der Waals surface area contributed by atoms with E-state index in [4.69, 9.17) is 23.2 Å². The summed E-state index contributed by atoms with van der Waals surface area (Å²) in [5.41, 5.74) is 1.15. The highest BCUT2D eigenvalue weighted by Crippen LogP contribution is 2.31. The van der Waals surface area contributed by atoms with Gasteiger partial charge in [0.25, 0.3) is 0 Å². The molecule has 2 rings (SSSR count). The van der Waals surface area contributed by atoms with Crippen LogP contribution in [0.15, 0.2) is 46.9 Å². The molecular weight excluding hydrogens is 361 g/mol. The fraction of sp³-hybridized carbons (Fsp3) is 0.200. The quantitative estimate of drug-likeness (QED) is 0.782. The Morgan fingerprint density at radius 3 is 2.30 bits per heavy atom. The van der Waals surface area contributed by atoms with E-state index < -0.39 is 5.54 Å². The first kappa shape index (κ1) is 15.6. The number of hydrogen-bond donors (Lipinski definition) is 2. The van der Waals surface area contributed by atoms with Crippen molar-refractivity contribution in [1.82, 2.24) is 0 Å². The van der Waals surface area contributed by atoms with Gasteiger partial charge < -0.3 is 10.4 Å². The predicted octanol–water partition coefficient (Wildman–Crippen LogP) is 5.08. The minimum Gasteiger partial charge on any atom is -0.394 e. The summed E-state index contributed by atoms with van der Waals surface area (Å²) in [6.45, 7) is 1.84. The molecular formula is C15H14BrCl2NO. The molecule has 0 saturated heterocycles. The Bertz CT molecular complexity index is 603. The Hall–Kier alpha value is -0.740. The van der Waals surface area contributed by atoms with E-state index in [0.717, 1.165) is 15.7 Å². The minimum atomic E-state index is -0.637. The first-order chi connectivity index (χ1) is 9.44. The summed E-state index contributed by atoms with van der Waals surface area (Å²) < 4.78 is 1.00. The second-order valence-electron chi connectivity index (χ2n) is 4.75. The van der Waals surface area contributed by atoms with Crippen LogP contribution in [-0.2, 0) is 5.54 Å². The largest absolute Gasteiger partial charge is 0.394 e. The van der Waals surface area contributed by atoms with E-state index in [-0.39, 0.29) is 6.61 Å². The van der Waals surface area contributed by atoms with Gasteiger partial charge in [0.2, 0.25) is 0 Å². The maximum Gasteiger partial charge on any atom is 0.0828 e. The van der Waals surface area contributed by atoms with Crippen molar-refractivity contribution < 1.29 is 5.11 Å². The Balaban J connectivity index is 2.32. The summed E-state index contributed by atoms with van der Waals surface area (Å²) in [6.07, 6.45) is 0. The van der Waals surface area contributed by atoms with Crippen molar-refractivity contribution in [1.29, 1.82) is 0 Å². The molecule has 20 heavy (non-hydrogen) atoms. The van der Waals surface area contributed by atoms with Crippen molar-refractivity contribution in [3.05, 3.63) is 62.5 Å². The number of rotatable bonds is 4. The third kappa shape index (κ3) is 3.47. The lowest BCUT2D eigenvalue weighted by molar-refractivity contribution is 0.224. The maximum atomic E-state index is 9.77. The predicted molar refractivity (Wildman–Crippen MR) is 88.7 cm³/mol. The highest BCUT2D eigenvalue weighted by atomic mass is 79.9. The van der Waals surface area contributed by atoms with Gasteiger partial charge in [0, 0.05) is 10.2 Å². The topological polar surface area (TPSA) is 32.3 Å². The summed E-state index contributed by atoms with van der Waals surface area (Å²) in [5.74, 6) is 0. The van der Waals surface area contributed by atoms with Crippen LogP contribution in [-0.4, -0.2) is 11.7 Å². The van der Waals surface area contributed by atoms with Gasteiger partial charge in [-0.1, -0.05) is 45.2 Å². The van der Waals surface area contributed by atoms with Crippen molar-refractivity contribution in [3.8, 4) is 0 Å². The number of hydrogen-bond acceptors (Lipinski definition) is 2. The van der Waals surface area contributed by atoms with E-state index in [1.165, 1.54) is 0 Å². The maximum absolute atomic E-state index is 9.77. The molecule has 0 aliphatic heterocycles. The van der Waals surface area contributed by atoms with Crippen LogP contribution in [0.1, 0.15) is 12.5 Å². The summed E-state index contributed by atoms with van der Waals surface area (Å²) in [4.78, 5) is 0. The van der Waals surface area contributed by atoms with E-state index in [0.29, 0.717) is 10.0 Å². The van der Waals surface area contributed by atoms with Crippen LogP contribution >= 0.6 is 39.1 Å². The average molecular weight is 375 g/mol. The molecule has 0 saturated carbocycles. The van der Waals surface area contributed by atoms with Crippen molar-refractivity contribution in [2.45, 2.75) is 12.5 Å². The van der Waals surface area contributed by atoms with Crippen LogP contribution in [0.25, 0.3) is 0 Å². The zero-order chi connectivity index (χ0) is 14.8. The fourth-order valence-corrected chi connectivity index (χ4v) is 2.46. The average Bonchev–Trinajstić information content (AvgIpc) is 2.44. The number of halogens is 3. The number of benzene rings is 2. The SMILES string of the molecule is CC(CO)(Nc1ccc(Br)cc1)c1ccc(Cl)c(Cl)c1. The van der Waals surface area contributed by atoms with Crippen LogP contribution in [0.2, 0.25) is 10.0 Å². The Morgan fingerprint density at radius 1 is 1.10 bits per heavy atom. The molecule has 1 atom stereocenters. The summed E-state index contributed by atoms with van der Waals surface area (Å²) in [5, 5.41) is 14.1. The van der Waals surface area contributed by atoms with Crippen LogP contribution in [0.3, 0.4) is 0 Å². The van der Waals surface area contributed by atoms with Gasteiger partial charge in [-0.15, -0.1) is 0 Å². The molecule has 0 radical (unpaired) electrons. The van der Waals surface area contributed by atoms with E-state index in [9.17, 15) is 5.11 Å². The molecule has 0 heterocycles. The normalized spacial score (nSPS) is 13.8. The third-order valence-corrected chi connectivity index (χ3v) is 4.41. The van der Waals surface area contributed by atoms with E-state index in [1.807, 2.05) is 37.3 Å². The second kappa shape index (κ2) is 6.35. The van der Waals surface area contributed by atoms with Crippen LogP contribution in [0, 0.1) is 0 Å². The van der Waals surface area contributed by atoms with Crippen molar-refractivity contribution in [2.75, 3.05) is 11.9 Å². The molecule has 0 aliphatic rings. The molecule has 0 amide bonds. The van der Waals surface area contributed by atoms with Crippen LogP contribution < -0.4 is 5.32 Å². The summed E-state index contributed by atoms with van der Waals surface area (Å²) >= 11 is 15.4. The van der Waals surface area contributed by atoms with Gasteiger partial charge in [-0.2, -0.15) is 0 Å². The molecule has 0 spiro atoms. The number of aliphatic hydroxyl groups excluding tert-OH is 1.